The number of hydrogen-bond acceptors (Lipinski definition) is 20. The van der Waals surface area contributed by atoms with Crippen LogP contribution in [0.15, 0.2) is 17.1 Å². The Morgan fingerprint density at radius 2 is 1.53 bits per heavy atom. The number of nitrogens with two attached hydrogens (primary N) is 1. The molecule has 1 aliphatic heterocycles. The van der Waals surface area contributed by atoms with Gasteiger partial charge in [0.1, 0.15) is 24.2 Å². The van der Waals surface area contributed by atoms with Crippen LogP contribution in [0.2, 0.25) is 0 Å². The number of carboxylic acid groups (broad SMARTS) is 2. The van der Waals surface area contributed by atoms with Crippen molar-refractivity contribution in [2.75, 3.05) is 23.4 Å². The third-order valence-corrected chi connectivity index (χ3v) is 13.7. The average molecular weight is 945 g/mol. The molecule has 0 radical (unpaired) electrons. The summed E-state index contributed by atoms with van der Waals surface area (Å²) in [7, 11) is -13.8. The summed E-state index contributed by atoms with van der Waals surface area (Å²) in [6, 6.07) is -2.04. The SMILES string of the molecule is N[C@@H](CC(=O)O)C(=O)C(=O)[C@H](CC(=O)O)NNC(=O)CCCCCSSCCCC(=O)Nc1ccn([C@H]2C[C@@H](O)[C@@H](COP(=O)(O)OP(=O)(O)OP(=O)(O)O)O2)c(=O)n1. The molecule has 334 valence electrons. The zero-order valence-corrected chi connectivity index (χ0v) is 34.8. The number of aromatic nitrogens is 2. The van der Waals surface area contributed by atoms with E-state index in [0.717, 1.165) is 16.7 Å². The van der Waals surface area contributed by atoms with Gasteiger partial charge in [-0.1, -0.05) is 28.0 Å². The van der Waals surface area contributed by atoms with Gasteiger partial charge < -0.3 is 50.7 Å². The number of hydrogen-bond donors (Lipinski definition) is 11. The van der Waals surface area contributed by atoms with Crippen LogP contribution in [0.1, 0.15) is 64.0 Å². The number of carbonyl (C=O) groups excluding carboxylic acids is 4. The van der Waals surface area contributed by atoms with Crippen molar-refractivity contribution in [1.29, 1.82) is 0 Å². The lowest BCUT2D eigenvalue weighted by molar-refractivity contribution is -0.145. The number of phosphoric acid groups is 3. The Kier molecular flexibility index (Phi) is 21.7. The van der Waals surface area contributed by atoms with Crippen LogP contribution in [0.25, 0.3) is 0 Å². The summed E-state index contributed by atoms with van der Waals surface area (Å²) >= 11 is 0. The number of aliphatic carboxylic acids is 2. The number of anilines is 1. The average Bonchev–Trinajstić information content (AvgIpc) is 3.46. The van der Waals surface area contributed by atoms with Gasteiger partial charge in [-0.15, -0.1) is 0 Å². The molecule has 0 aliphatic carbocycles. The predicted octanol–water partition coefficient (Wildman–Crippen LogP) is -0.700. The summed E-state index contributed by atoms with van der Waals surface area (Å²) in [5.41, 5.74) is 8.88. The molecule has 0 bridgehead atoms. The van der Waals surface area contributed by atoms with Gasteiger partial charge in [-0.2, -0.15) is 13.6 Å². The van der Waals surface area contributed by atoms with E-state index in [-0.39, 0.29) is 25.1 Å². The zero-order chi connectivity index (χ0) is 44.6. The molecule has 1 fully saturated rings. The Morgan fingerprint density at radius 1 is 0.898 bits per heavy atom. The van der Waals surface area contributed by atoms with Crippen molar-refractivity contribution in [2.45, 2.75) is 88.3 Å². The monoisotopic (exact) mass is 944 g/mol. The topological polar surface area (TPSA) is 429 Å². The number of amides is 2. The van der Waals surface area contributed by atoms with Crippen molar-refractivity contribution in [3.05, 3.63) is 22.7 Å². The molecule has 27 nitrogen and oxygen atoms in total. The number of phosphoric ester groups is 1. The first-order chi connectivity index (χ1) is 27.4. The summed E-state index contributed by atoms with van der Waals surface area (Å²) in [5, 5.41) is 30.5. The van der Waals surface area contributed by atoms with Gasteiger partial charge >= 0.3 is 41.1 Å². The van der Waals surface area contributed by atoms with E-state index in [2.05, 4.69) is 34.3 Å². The molecule has 59 heavy (non-hydrogen) atoms. The lowest BCUT2D eigenvalue weighted by atomic mass is 9.99. The molecule has 12 N–H and O–H groups in total. The molecule has 1 aliphatic rings. The summed E-state index contributed by atoms with van der Waals surface area (Å²) in [6.45, 7) is -0.940. The third-order valence-electron chi connectivity index (χ3n) is 7.33. The number of unbranched alkanes of at least 4 members (excludes halogenated alkanes) is 2. The smallest absolute Gasteiger partial charge is 0.481 e. The van der Waals surface area contributed by atoms with Crippen molar-refractivity contribution >= 4 is 86.2 Å². The second kappa shape index (κ2) is 24.5. The second-order valence-electron chi connectivity index (χ2n) is 12.2. The van der Waals surface area contributed by atoms with E-state index in [4.69, 9.17) is 30.5 Å². The highest BCUT2D eigenvalue weighted by Gasteiger charge is 2.43. The molecule has 2 unspecified atom stereocenters. The predicted molar refractivity (Wildman–Crippen MR) is 202 cm³/mol. The molecule has 2 rings (SSSR count). The number of carbonyl (C=O) groups is 6. The minimum absolute atomic E-state index is 0.0231. The number of carboxylic acids is 2. The maximum Gasteiger partial charge on any atom is 0.490 e. The van der Waals surface area contributed by atoms with E-state index in [9.17, 15) is 62.2 Å². The first-order valence-electron chi connectivity index (χ1n) is 16.9. The van der Waals surface area contributed by atoms with Crippen molar-refractivity contribution < 1.29 is 95.2 Å². The first kappa shape index (κ1) is 52.2. The first-order valence-corrected chi connectivity index (χ1v) is 24.0. The van der Waals surface area contributed by atoms with Gasteiger partial charge in [-0.25, -0.2) is 23.9 Å². The molecular weight excluding hydrogens is 901 g/mol. The highest BCUT2D eigenvalue weighted by molar-refractivity contribution is 8.76. The molecule has 7 atom stereocenters. The fourth-order valence-corrected chi connectivity index (χ4v) is 9.96. The number of Topliss-reactive ketones (excluding diaryl/α,β-unsaturated/α-hetero) is 2. The van der Waals surface area contributed by atoms with Gasteiger partial charge in [-0.3, -0.25) is 43.3 Å². The van der Waals surface area contributed by atoms with Crippen LogP contribution in [-0.4, -0.2) is 122 Å². The number of nitrogens with zero attached hydrogens (tertiary/aromatic N) is 2. The molecule has 0 spiro atoms. The van der Waals surface area contributed by atoms with Gasteiger partial charge in [0.2, 0.25) is 23.4 Å². The molecule has 0 saturated carbocycles. The summed E-state index contributed by atoms with van der Waals surface area (Å²) in [5.74, 6) is -5.19. The molecule has 1 saturated heterocycles. The summed E-state index contributed by atoms with van der Waals surface area (Å²) in [4.78, 5) is 123. The van der Waals surface area contributed by atoms with Crippen LogP contribution >= 0.6 is 45.1 Å². The van der Waals surface area contributed by atoms with Crippen molar-refractivity contribution in [1.82, 2.24) is 20.4 Å². The third kappa shape index (κ3) is 20.9. The molecule has 1 aromatic rings. The quantitative estimate of drug-likeness (QED) is 0.0155. The minimum atomic E-state index is -5.76. The highest BCUT2D eigenvalue weighted by Crippen LogP contribution is 2.66. The number of nitrogens with one attached hydrogen (secondary N) is 3. The van der Waals surface area contributed by atoms with E-state index >= 15 is 0 Å². The fourth-order valence-electron chi connectivity index (χ4n) is 4.70. The number of rotatable bonds is 29. The number of hydrazine groups is 1. The number of ketones is 2. The van der Waals surface area contributed by atoms with Crippen molar-refractivity contribution in [3.63, 3.8) is 0 Å². The highest BCUT2D eigenvalue weighted by atomic mass is 33.1. The van der Waals surface area contributed by atoms with Crippen molar-refractivity contribution in [3.8, 4) is 0 Å². The Balaban J connectivity index is 1.64. The minimum Gasteiger partial charge on any atom is -0.481 e. The van der Waals surface area contributed by atoms with E-state index in [1.54, 1.807) is 10.8 Å². The van der Waals surface area contributed by atoms with E-state index in [1.807, 2.05) is 0 Å². The van der Waals surface area contributed by atoms with Crippen LogP contribution in [-0.2, 0) is 60.3 Å². The molecule has 32 heteroatoms. The van der Waals surface area contributed by atoms with Crippen LogP contribution in [0.4, 0.5) is 5.82 Å². The fraction of sp³-hybridized carbons (Fsp3) is 0.630. The molecule has 2 heterocycles. The van der Waals surface area contributed by atoms with Crippen LogP contribution in [0.5, 0.6) is 0 Å². The lowest BCUT2D eigenvalue weighted by Gasteiger charge is -2.19. The van der Waals surface area contributed by atoms with Gasteiger partial charge in [0.25, 0.3) is 0 Å². The number of aliphatic hydroxyl groups is 1. The number of aliphatic hydroxyl groups excluding tert-OH is 1. The Hall–Kier alpha value is -2.95. The maximum atomic E-state index is 12.6. The Labute approximate surface area is 341 Å². The molecule has 1 aromatic heterocycles. The summed E-state index contributed by atoms with van der Waals surface area (Å²) in [6.07, 6.45) is -2.24. The maximum absolute atomic E-state index is 12.6. The zero-order valence-electron chi connectivity index (χ0n) is 30.5. The number of ether oxygens (including phenoxy) is 1. The van der Waals surface area contributed by atoms with Gasteiger partial charge in [0.05, 0.1) is 31.6 Å². The van der Waals surface area contributed by atoms with Gasteiger partial charge in [0, 0.05) is 37.0 Å². The van der Waals surface area contributed by atoms with E-state index < -0.39 is 114 Å². The van der Waals surface area contributed by atoms with Gasteiger partial charge in [-0.05, 0) is 25.3 Å². The Bertz CT molecular complexity index is 1870. The standard InChI is InChI=1S/C27H43N6O21P3S2/c28-15(11-23(37)38)25(41)26(42)16(12-24(39)40)31-32-21(36)5-2-1-3-9-58-59-10-4-6-20(35)29-19-7-8-33(27(43)30-19)22-13-17(34)18(52-22)14-51-56(47,48)54-57(49,50)53-55(44,45)46/h7-8,15-18,22,31,34H,1-6,9-14,28H2,(H,32,36)(H,37,38)(H,39,40)(H,47,48)(H,49,50)(H2,44,45,46)(H,29,30,35,43)/t15-,16-,17+,18+,22+/m0/s1. The molecule has 2 amide bonds. The van der Waals surface area contributed by atoms with E-state index in [1.165, 1.54) is 23.1 Å². The summed E-state index contributed by atoms with van der Waals surface area (Å²) < 4.78 is 52.2. The van der Waals surface area contributed by atoms with E-state index in [0.29, 0.717) is 25.0 Å². The van der Waals surface area contributed by atoms with Crippen molar-refractivity contribution in [2.24, 2.45) is 5.73 Å². The van der Waals surface area contributed by atoms with Crippen LogP contribution in [0.3, 0.4) is 0 Å². The lowest BCUT2D eigenvalue weighted by Crippen LogP contribution is -2.53. The van der Waals surface area contributed by atoms with Crippen LogP contribution in [0, 0.1) is 0 Å². The normalized spacial score (nSPS) is 19.8. The van der Waals surface area contributed by atoms with Gasteiger partial charge in [0.15, 0.2) is 0 Å². The Morgan fingerprint density at radius 3 is 2.14 bits per heavy atom. The largest absolute Gasteiger partial charge is 0.490 e. The second-order valence-corrected chi connectivity index (χ2v) is 19.3. The van der Waals surface area contributed by atoms with Crippen LogP contribution < -0.4 is 27.6 Å². The molecule has 0 aromatic carbocycles. The molecular formula is C27H43N6O21P3S2.